The number of carbonyl (C=O) groups is 1. The van der Waals surface area contributed by atoms with E-state index >= 15 is 0 Å². The molecule has 0 atom stereocenters. The minimum absolute atomic E-state index is 0.267. The monoisotopic (exact) mass is 464 g/mol. The van der Waals surface area contributed by atoms with Gasteiger partial charge in [0, 0.05) is 69.7 Å². The largest absolute Gasteiger partial charge is 0.366 e. The average Bonchev–Trinajstić information content (AvgIpc) is 3.33. The van der Waals surface area contributed by atoms with Gasteiger partial charge in [0.2, 0.25) is 5.91 Å². The first-order valence-corrected chi connectivity index (χ1v) is 12.5. The summed E-state index contributed by atoms with van der Waals surface area (Å²) in [6.07, 6.45) is 6.20. The van der Waals surface area contributed by atoms with Crippen LogP contribution in [0.2, 0.25) is 0 Å². The Labute approximate surface area is 201 Å². The first-order valence-electron chi connectivity index (χ1n) is 12.5. The Hall–Kier alpha value is -2.94. The number of hydrogen-bond donors (Lipinski definition) is 0. The van der Waals surface area contributed by atoms with Gasteiger partial charge in [-0.15, -0.1) is 0 Å². The number of likely N-dealkylation sites (N-methyl/N-ethyl adjacent to an activating group) is 1. The molecule has 2 aliphatic heterocycles. The second-order valence-corrected chi connectivity index (χ2v) is 9.87. The van der Waals surface area contributed by atoms with Crippen LogP contribution in [0.5, 0.6) is 0 Å². The number of rotatable bonds is 7. The summed E-state index contributed by atoms with van der Waals surface area (Å²) in [6.45, 7) is 10.3. The van der Waals surface area contributed by atoms with Crippen molar-refractivity contribution in [3.8, 4) is 0 Å². The number of fused-ring (bicyclic) bond motifs is 2. The molecule has 2 aliphatic rings. The zero-order valence-corrected chi connectivity index (χ0v) is 20.9. The summed E-state index contributed by atoms with van der Waals surface area (Å²) in [5, 5.41) is 10.4. The number of nitrogens with zero attached hydrogens (tertiary/aromatic N) is 8. The average molecular weight is 465 g/mol. The molecule has 1 saturated heterocycles. The molecule has 0 bridgehead atoms. The molecule has 34 heavy (non-hydrogen) atoms. The zero-order valence-electron chi connectivity index (χ0n) is 20.9. The lowest BCUT2D eigenvalue weighted by Crippen LogP contribution is -2.48. The molecule has 0 N–H and O–H groups in total. The van der Waals surface area contributed by atoms with E-state index < -0.39 is 0 Å². The first-order chi connectivity index (χ1) is 16.4. The van der Waals surface area contributed by atoms with Crippen LogP contribution in [-0.2, 0) is 31.4 Å². The van der Waals surface area contributed by atoms with E-state index in [1.54, 1.807) is 0 Å². The lowest BCUT2D eigenvalue weighted by Gasteiger charge is -2.32. The number of unbranched alkanes of at least 4 members (excludes halogenated alkanes) is 2. The molecule has 1 fully saturated rings. The Morgan fingerprint density at radius 2 is 1.82 bits per heavy atom. The Kier molecular flexibility index (Phi) is 6.29. The predicted molar refractivity (Wildman–Crippen MR) is 133 cm³/mol. The van der Waals surface area contributed by atoms with Crippen LogP contribution in [0, 0.1) is 13.8 Å². The van der Waals surface area contributed by atoms with Gasteiger partial charge in [-0.2, -0.15) is 10.2 Å². The van der Waals surface area contributed by atoms with Gasteiger partial charge >= 0.3 is 0 Å². The Morgan fingerprint density at radius 1 is 1.00 bits per heavy atom. The van der Waals surface area contributed by atoms with Gasteiger partial charge in [-0.25, -0.2) is 4.98 Å². The number of piperazine rings is 1. The third-order valence-corrected chi connectivity index (χ3v) is 7.29. The molecule has 5 heterocycles. The fraction of sp³-hybridized carbons (Fsp3) is 0.600. The van der Waals surface area contributed by atoms with Gasteiger partial charge < -0.3 is 9.80 Å². The zero-order chi connectivity index (χ0) is 23.8. The fourth-order valence-corrected chi connectivity index (χ4v) is 5.34. The summed E-state index contributed by atoms with van der Waals surface area (Å²) in [5.41, 5.74) is 7.05. The van der Waals surface area contributed by atoms with Gasteiger partial charge in [0.15, 0.2) is 5.65 Å². The number of anilines is 1. The van der Waals surface area contributed by atoms with Crippen molar-refractivity contribution < 1.29 is 4.79 Å². The second kappa shape index (κ2) is 9.37. The molecule has 9 heteroatoms. The van der Waals surface area contributed by atoms with Crippen molar-refractivity contribution in [2.75, 3.05) is 44.7 Å². The Balaban J connectivity index is 1.20. The van der Waals surface area contributed by atoms with Gasteiger partial charge in [-0.05, 0) is 46.2 Å². The molecule has 0 aliphatic carbocycles. The van der Waals surface area contributed by atoms with E-state index in [4.69, 9.17) is 5.10 Å². The molecule has 3 aromatic rings. The molecular weight excluding hydrogens is 428 g/mol. The van der Waals surface area contributed by atoms with E-state index in [1.807, 2.05) is 36.8 Å². The maximum Gasteiger partial charge on any atom is 0.236 e. The van der Waals surface area contributed by atoms with Crippen LogP contribution in [0.3, 0.4) is 0 Å². The van der Waals surface area contributed by atoms with Gasteiger partial charge in [0.1, 0.15) is 0 Å². The molecule has 0 aromatic carbocycles. The van der Waals surface area contributed by atoms with Gasteiger partial charge in [0.25, 0.3) is 0 Å². The summed E-state index contributed by atoms with van der Waals surface area (Å²) in [6, 6.07) is 2.18. The topological polar surface area (TPSA) is 75.3 Å². The fourth-order valence-electron chi connectivity index (χ4n) is 5.34. The summed E-state index contributed by atoms with van der Waals surface area (Å²) in [5.74, 6) is 0.267. The highest BCUT2D eigenvalue weighted by Gasteiger charge is 2.25. The SMILES string of the molecule is Cc1cc(N2CCc3c(c(C)nn3CCCCCN3CCN(C)CC3=O)C2)c2cnn(C)c2n1. The molecule has 3 aromatic heterocycles. The summed E-state index contributed by atoms with van der Waals surface area (Å²) < 4.78 is 4.09. The normalized spacial score (nSPS) is 17.1. The maximum atomic E-state index is 12.1. The quantitative estimate of drug-likeness (QED) is 0.500. The molecule has 0 saturated carbocycles. The lowest BCUT2D eigenvalue weighted by molar-refractivity contribution is -0.135. The smallest absolute Gasteiger partial charge is 0.236 e. The van der Waals surface area contributed by atoms with Gasteiger partial charge in [-0.3, -0.25) is 19.1 Å². The van der Waals surface area contributed by atoms with E-state index in [9.17, 15) is 4.79 Å². The van der Waals surface area contributed by atoms with E-state index in [0.29, 0.717) is 6.54 Å². The van der Waals surface area contributed by atoms with Gasteiger partial charge in [-0.1, -0.05) is 0 Å². The number of hydrogen-bond acceptors (Lipinski definition) is 6. The van der Waals surface area contributed by atoms with Crippen molar-refractivity contribution >= 4 is 22.6 Å². The molecule has 0 radical (unpaired) electrons. The van der Waals surface area contributed by atoms with E-state index in [2.05, 4.69) is 37.6 Å². The van der Waals surface area contributed by atoms with E-state index in [1.165, 1.54) is 16.9 Å². The third kappa shape index (κ3) is 4.41. The van der Waals surface area contributed by atoms with Crippen LogP contribution < -0.4 is 4.90 Å². The summed E-state index contributed by atoms with van der Waals surface area (Å²) in [4.78, 5) is 23.4. The summed E-state index contributed by atoms with van der Waals surface area (Å²) in [7, 11) is 3.96. The Bertz CT molecular complexity index is 1200. The molecule has 1 amide bonds. The van der Waals surface area contributed by atoms with Crippen LogP contribution in [0.4, 0.5) is 5.69 Å². The van der Waals surface area contributed by atoms with Crippen molar-refractivity contribution in [3.63, 3.8) is 0 Å². The van der Waals surface area contributed by atoms with Crippen molar-refractivity contribution in [1.82, 2.24) is 34.3 Å². The van der Waals surface area contributed by atoms with E-state index in [0.717, 1.165) is 87.4 Å². The highest BCUT2D eigenvalue weighted by Crippen LogP contribution is 2.32. The molecule has 9 nitrogen and oxygen atoms in total. The number of aromatic nitrogens is 5. The summed E-state index contributed by atoms with van der Waals surface area (Å²) >= 11 is 0. The Morgan fingerprint density at radius 3 is 2.65 bits per heavy atom. The van der Waals surface area contributed by atoms with Crippen molar-refractivity contribution in [2.45, 2.75) is 52.6 Å². The predicted octanol–water partition coefficient (Wildman–Crippen LogP) is 2.29. The van der Waals surface area contributed by atoms with Crippen molar-refractivity contribution in [3.05, 3.63) is 34.9 Å². The number of carbonyl (C=O) groups excluding carboxylic acids is 1. The van der Waals surface area contributed by atoms with Crippen LogP contribution in [0.1, 0.15) is 41.9 Å². The van der Waals surface area contributed by atoms with Gasteiger partial charge in [0.05, 0.1) is 29.5 Å². The van der Waals surface area contributed by atoms with E-state index in [-0.39, 0.29) is 5.91 Å². The van der Waals surface area contributed by atoms with Crippen LogP contribution in [0.15, 0.2) is 12.3 Å². The lowest BCUT2D eigenvalue weighted by atomic mass is 10.0. The molecule has 182 valence electrons. The van der Waals surface area contributed by atoms with Crippen molar-refractivity contribution in [2.24, 2.45) is 7.05 Å². The number of amides is 1. The minimum Gasteiger partial charge on any atom is -0.366 e. The molecular formula is C25H36N8O. The number of pyridine rings is 1. The molecule has 0 spiro atoms. The van der Waals surface area contributed by atoms with Crippen molar-refractivity contribution in [1.29, 1.82) is 0 Å². The minimum atomic E-state index is 0.267. The highest BCUT2D eigenvalue weighted by atomic mass is 16.2. The van der Waals surface area contributed by atoms with Crippen LogP contribution >= 0.6 is 0 Å². The molecule has 0 unspecified atom stereocenters. The molecule has 5 rings (SSSR count). The second-order valence-electron chi connectivity index (χ2n) is 9.87. The number of aryl methyl sites for hydroxylation is 4. The highest BCUT2D eigenvalue weighted by molar-refractivity contribution is 5.89. The third-order valence-electron chi connectivity index (χ3n) is 7.29. The van der Waals surface area contributed by atoms with Crippen LogP contribution in [-0.4, -0.2) is 80.0 Å². The first kappa shape index (κ1) is 22.8. The standard InChI is InChI=1S/C25H36N8O/c1-18-14-23(20-15-26-30(4)25(20)27-18)32-11-8-22-21(16-32)19(2)28-33(22)10-7-5-6-9-31-13-12-29(3)17-24(31)34/h14-15H,5-13,16-17H2,1-4H3. The maximum absolute atomic E-state index is 12.1. The van der Waals surface area contributed by atoms with Crippen LogP contribution in [0.25, 0.3) is 11.0 Å².